The fraction of sp³-hybridized carbons (Fsp3) is 0. The number of hydrogen-bond acceptors (Lipinski definition) is 4. The summed E-state index contributed by atoms with van der Waals surface area (Å²) >= 11 is 0.625. The number of rotatable bonds is 0. The Bertz CT molecular complexity index is 41.0. The minimum absolute atomic E-state index is 0. The summed E-state index contributed by atoms with van der Waals surface area (Å²) in [5.74, 6) is 0. The van der Waals surface area contributed by atoms with Gasteiger partial charge in [-0.15, -0.1) is 0 Å². The third-order valence-corrected chi connectivity index (χ3v) is 0. The molecule has 0 aromatic rings. The molecule has 0 aliphatic carbocycles. The third kappa shape index (κ3) is 117. The summed E-state index contributed by atoms with van der Waals surface area (Å²) in [6.07, 6.45) is 0. The van der Waals surface area contributed by atoms with Crippen LogP contribution < -0.4 is 0 Å². The first kappa shape index (κ1) is 23.9. The molecule has 0 radical (unpaired) electrons. The van der Waals surface area contributed by atoms with Gasteiger partial charge >= 0.3 is 68.1 Å². The van der Waals surface area contributed by atoms with Crippen LogP contribution in [0.15, 0.2) is 0 Å². The van der Waals surface area contributed by atoms with Crippen molar-refractivity contribution in [2.24, 2.45) is 0 Å². The average molecular weight is 197 g/mol. The molecule has 0 saturated carbocycles. The molecule has 7 heavy (non-hydrogen) atoms. The molecule has 0 aromatic carbocycles. The predicted octanol–water partition coefficient (Wildman–Crippen LogP) is -1.19. The van der Waals surface area contributed by atoms with E-state index in [1.54, 1.807) is 0 Å². The molecule has 0 amide bonds. The summed E-state index contributed by atoms with van der Waals surface area (Å²) in [7, 11) is 0. The van der Waals surface area contributed by atoms with Gasteiger partial charge in [0.25, 0.3) is 0 Å². The topological polar surface area (TPSA) is 81.2 Å². The Hall–Kier alpha value is 1.33. The number of hydrogen-bond donors (Lipinski definition) is 0. The van der Waals surface area contributed by atoms with Gasteiger partial charge in [0.05, 0.1) is 0 Å². The van der Waals surface area contributed by atoms with Gasteiger partial charge in [0.15, 0.2) is 0 Å². The van der Waals surface area contributed by atoms with Crippen molar-refractivity contribution in [1.29, 1.82) is 0 Å². The van der Waals surface area contributed by atoms with Gasteiger partial charge in [-0.05, 0) is 0 Å². The first-order valence-electron chi connectivity index (χ1n) is 0.537. The summed E-state index contributed by atoms with van der Waals surface area (Å²) in [5.41, 5.74) is 0. The van der Waals surface area contributed by atoms with Crippen molar-refractivity contribution in [2.75, 3.05) is 0 Å². The van der Waals surface area contributed by atoms with Crippen molar-refractivity contribution in [3.05, 3.63) is 0 Å². The first-order valence-corrected chi connectivity index (χ1v) is 2.22. The van der Waals surface area contributed by atoms with Gasteiger partial charge in [-0.2, -0.15) is 0 Å². The second kappa shape index (κ2) is 54.0. The molecule has 42 valence electrons. The zero-order valence-corrected chi connectivity index (χ0v) is 8.04. The van der Waals surface area contributed by atoms with Crippen LogP contribution in [0.25, 0.3) is 0 Å². The van der Waals surface area contributed by atoms with Crippen molar-refractivity contribution in [2.45, 2.75) is 0 Å². The Kier molecular flexibility index (Phi) is 184. The molecule has 0 spiro atoms. The van der Waals surface area contributed by atoms with Crippen LogP contribution in [0.2, 0.25) is 0 Å². The Morgan fingerprint density at radius 3 is 1.14 bits per heavy atom. The third-order valence-electron chi connectivity index (χ3n) is 0. The van der Waals surface area contributed by atoms with Crippen LogP contribution in [0.3, 0.4) is 0 Å². The molecular formula is H2MgNiO4Ti. The summed E-state index contributed by atoms with van der Waals surface area (Å²) in [4.78, 5) is 0. The van der Waals surface area contributed by atoms with E-state index in [-0.39, 0.29) is 28.5 Å². The summed E-state index contributed by atoms with van der Waals surface area (Å²) in [6.45, 7) is 0. The van der Waals surface area contributed by atoms with Gasteiger partial charge in [-0.3, -0.25) is 0 Å². The zero-order valence-electron chi connectivity index (χ0n) is 3.49. The van der Waals surface area contributed by atoms with E-state index in [0.29, 0.717) is 0 Å². The van der Waals surface area contributed by atoms with Crippen molar-refractivity contribution in [3.63, 3.8) is 0 Å². The van der Waals surface area contributed by atoms with E-state index < -0.39 is 19.1 Å². The summed E-state index contributed by atoms with van der Waals surface area (Å²) in [5, 5.41) is 0. The van der Waals surface area contributed by atoms with Gasteiger partial charge in [-0.25, -0.2) is 0 Å². The normalized spacial score (nSPS) is 2.00. The Balaban J connectivity index is -0.0000000105. The molecule has 0 saturated heterocycles. The Morgan fingerprint density at radius 1 is 1.14 bits per heavy atom. The van der Waals surface area contributed by atoms with Gasteiger partial charge in [0.2, 0.25) is 0 Å². The second-order valence-corrected chi connectivity index (χ2v) is 0.344. The van der Waals surface area contributed by atoms with E-state index in [0.717, 1.165) is 0 Å². The van der Waals surface area contributed by atoms with E-state index in [2.05, 4.69) is 15.4 Å². The Morgan fingerprint density at radius 2 is 1.14 bits per heavy atom. The first-order chi connectivity index (χ1) is 2.41. The molecule has 0 atom stereocenters. The summed E-state index contributed by atoms with van der Waals surface area (Å²) in [6, 6.07) is 0. The van der Waals surface area contributed by atoms with Crippen molar-refractivity contribution in [1.82, 2.24) is 0 Å². The van der Waals surface area contributed by atoms with Crippen molar-refractivity contribution >= 4 is 23.1 Å². The molecule has 0 bridgehead atoms. The molecule has 4 nitrogen and oxygen atoms in total. The standard InChI is InChI=1S/Mg.Ni.H2O.3O.Ti.H/h;;1H2;;;;;/q+1;;;;;;;/p-1. The molecule has 0 rings (SSSR count). The minimum atomic E-state index is -2.00. The van der Waals surface area contributed by atoms with Gasteiger partial charge in [0.1, 0.15) is 0 Å². The fourth-order valence-electron chi connectivity index (χ4n) is 0. The van der Waals surface area contributed by atoms with Crippen LogP contribution in [0.5, 0.6) is 0 Å². The van der Waals surface area contributed by atoms with Crippen LogP contribution in [0, 0.1) is 0 Å². The fourth-order valence-corrected chi connectivity index (χ4v) is 0. The second-order valence-electron chi connectivity index (χ2n) is 0.0833. The van der Waals surface area contributed by atoms with Crippen molar-refractivity contribution in [3.8, 4) is 0 Å². The van der Waals surface area contributed by atoms with E-state index in [9.17, 15) is 0 Å². The van der Waals surface area contributed by atoms with Gasteiger partial charge in [0, 0.05) is 0 Å². The Labute approximate surface area is 73.0 Å². The van der Waals surface area contributed by atoms with Gasteiger partial charge < -0.3 is 5.48 Å². The van der Waals surface area contributed by atoms with Crippen molar-refractivity contribution < 1.29 is 50.5 Å². The van der Waals surface area contributed by atoms with Gasteiger partial charge in [-0.1, -0.05) is 0 Å². The van der Waals surface area contributed by atoms with E-state index in [1.165, 1.54) is 0 Å². The van der Waals surface area contributed by atoms with Crippen LogP contribution in [-0.2, 0) is 45.0 Å². The predicted molar refractivity (Wildman–Crippen MR) is 11.1 cm³/mol. The maximum atomic E-state index is 8.50. The van der Waals surface area contributed by atoms with E-state index in [1.807, 2.05) is 0 Å². The van der Waals surface area contributed by atoms with Crippen LogP contribution in [0.4, 0.5) is 0 Å². The maximum absolute atomic E-state index is 8.50. The summed E-state index contributed by atoms with van der Waals surface area (Å²) < 4.78 is 24.9. The quantitative estimate of drug-likeness (QED) is 0.457. The monoisotopic (exact) mass is 196 g/mol. The zero-order chi connectivity index (χ0) is 4.71. The van der Waals surface area contributed by atoms with Crippen LogP contribution in [0.1, 0.15) is 0 Å². The SMILES string of the molecule is [MgH+].[OH-].[O]=[Ni].[O]=[Ti]=[O]. The average Bonchev–Trinajstić information content (AvgIpc) is 1.46. The van der Waals surface area contributed by atoms with Crippen LogP contribution in [-0.4, -0.2) is 28.5 Å². The molecule has 0 aliphatic heterocycles. The molecule has 7 heteroatoms. The molecule has 0 unspecified atom stereocenters. The molecule has 0 heterocycles. The van der Waals surface area contributed by atoms with E-state index >= 15 is 0 Å². The molecule has 0 aliphatic rings. The van der Waals surface area contributed by atoms with Crippen LogP contribution >= 0.6 is 0 Å². The van der Waals surface area contributed by atoms with E-state index in [4.69, 9.17) is 10.5 Å². The molecule has 0 aromatic heterocycles. The molecular weight excluding hydrogens is 195 g/mol. The molecule has 0 fully saturated rings. The molecule has 1 N–H and O–H groups in total.